The molecule has 2 amide bonds. The number of imidazole rings is 1. The van der Waals surface area contributed by atoms with Crippen molar-refractivity contribution in [2.45, 2.75) is 11.8 Å². The Labute approximate surface area is 230 Å². The number of amides is 2. The second-order valence-electron chi connectivity index (χ2n) is 8.65. The lowest BCUT2D eigenvalue weighted by atomic mass is 10.1. The Morgan fingerprint density at radius 3 is 2.42 bits per heavy atom. The third kappa shape index (κ3) is 4.19. The largest absolute Gasteiger partial charge is 0.338 e. The van der Waals surface area contributed by atoms with E-state index in [-0.39, 0.29) is 15.5 Å². The molecule has 6 rings (SSSR count). The lowest BCUT2D eigenvalue weighted by Gasteiger charge is -2.11. The molecule has 2 N–H and O–H groups in total. The molecule has 3 heterocycles. The quantitative estimate of drug-likeness (QED) is 0.238. The van der Waals surface area contributed by atoms with Crippen molar-refractivity contribution in [2.24, 2.45) is 0 Å². The highest BCUT2D eigenvalue weighted by atomic mass is 35.5. The van der Waals surface area contributed by atoms with Gasteiger partial charge in [0.15, 0.2) is 0 Å². The Balaban J connectivity index is 1.55. The highest BCUT2D eigenvalue weighted by Gasteiger charge is 2.28. The molecule has 3 aromatic carbocycles. The number of aryl methyl sites for hydroxylation is 1. The number of rotatable bonds is 4. The van der Waals surface area contributed by atoms with E-state index in [0.29, 0.717) is 55.1 Å². The first-order valence-electron chi connectivity index (χ1n) is 11.2. The minimum Gasteiger partial charge on any atom is -0.338 e. The normalized spacial score (nSPS) is 15.2. The van der Waals surface area contributed by atoms with Gasteiger partial charge in [0.2, 0.25) is 0 Å². The van der Waals surface area contributed by atoms with Gasteiger partial charge in [0, 0.05) is 10.9 Å². The maximum absolute atomic E-state index is 13.8. The van der Waals surface area contributed by atoms with E-state index in [0.717, 1.165) is 5.56 Å². The summed E-state index contributed by atoms with van der Waals surface area (Å²) in [4.78, 5) is 32.0. The van der Waals surface area contributed by atoms with E-state index < -0.39 is 21.2 Å². The van der Waals surface area contributed by atoms with Crippen molar-refractivity contribution >= 4 is 84.1 Å². The molecule has 0 aliphatic carbocycles. The highest BCUT2D eigenvalue weighted by Crippen LogP contribution is 2.34. The first kappa shape index (κ1) is 24.7. The topological polar surface area (TPSA) is 114 Å². The number of carbonyl (C=O) groups is 2. The summed E-state index contributed by atoms with van der Waals surface area (Å²) >= 11 is 13.0. The van der Waals surface area contributed by atoms with Crippen molar-refractivity contribution in [3.05, 3.63) is 86.9 Å². The Morgan fingerprint density at radius 2 is 1.71 bits per heavy atom. The lowest BCUT2D eigenvalue weighted by Crippen LogP contribution is -2.18. The van der Waals surface area contributed by atoms with Gasteiger partial charge in [0.05, 0.1) is 42.1 Å². The summed E-state index contributed by atoms with van der Waals surface area (Å²) in [6, 6.07) is 16.7. The predicted molar refractivity (Wildman–Crippen MR) is 150 cm³/mol. The molecule has 0 saturated carbocycles. The Kier molecular flexibility index (Phi) is 5.88. The molecule has 0 unspecified atom stereocenters. The van der Waals surface area contributed by atoms with E-state index in [1.165, 1.54) is 22.2 Å². The van der Waals surface area contributed by atoms with Crippen LogP contribution in [0.1, 0.15) is 11.3 Å². The minimum absolute atomic E-state index is 0.0926. The van der Waals surface area contributed by atoms with Crippen LogP contribution in [0.4, 0.5) is 4.79 Å². The molecule has 1 fully saturated rings. The number of fused-ring (bicyclic) bond motifs is 2. The number of aromatic nitrogens is 3. The fourth-order valence-corrected chi connectivity index (χ4v) is 6.73. The predicted octanol–water partition coefficient (Wildman–Crippen LogP) is 6.36. The van der Waals surface area contributed by atoms with Crippen LogP contribution in [0.2, 0.25) is 10.0 Å². The maximum Gasteiger partial charge on any atom is 0.290 e. The minimum atomic E-state index is -4.06. The number of halogens is 2. The number of aromatic amines is 1. The Hall–Kier alpha value is -3.57. The molecule has 38 heavy (non-hydrogen) atoms. The molecule has 0 radical (unpaired) electrons. The van der Waals surface area contributed by atoms with Crippen LogP contribution in [0, 0.1) is 6.92 Å². The van der Waals surface area contributed by atoms with Crippen molar-refractivity contribution in [3.8, 4) is 11.4 Å². The molecule has 2 aromatic heterocycles. The van der Waals surface area contributed by atoms with Crippen LogP contribution in [0.25, 0.3) is 39.4 Å². The fraction of sp³-hybridized carbons (Fsp3) is 0.0385. The number of nitrogens with zero attached hydrogens (tertiary/aromatic N) is 2. The molecule has 0 atom stereocenters. The monoisotopic (exact) mass is 582 g/mol. The SMILES string of the molecule is Cc1ccc(S(=O)(=O)n2c(/C=C3/SC(=O)NC3=O)cc3cc(-c4nc5cc(Cl)c(Cl)cc5[nH]4)ccc32)cc1. The smallest absolute Gasteiger partial charge is 0.290 e. The van der Waals surface area contributed by atoms with Crippen LogP contribution >= 0.6 is 35.0 Å². The first-order valence-corrected chi connectivity index (χ1v) is 14.2. The van der Waals surface area contributed by atoms with E-state index in [1.54, 1.807) is 48.5 Å². The number of imide groups is 1. The molecule has 1 aliphatic heterocycles. The number of carbonyl (C=O) groups excluding carboxylic acids is 2. The molecule has 0 bridgehead atoms. The zero-order valence-electron chi connectivity index (χ0n) is 19.5. The number of H-pyrrole nitrogens is 1. The average Bonchev–Trinajstić information content (AvgIpc) is 3.53. The van der Waals surface area contributed by atoms with Gasteiger partial charge in [-0.3, -0.25) is 14.9 Å². The van der Waals surface area contributed by atoms with Gasteiger partial charge in [-0.05, 0) is 73.3 Å². The zero-order chi connectivity index (χ0) is 26.8. The summed E-state index contributed by atoms with van der Waals surface area (Å²) in [5, 5.41) is 3.05. The van der Waals surface area contributed by atoms with Gasteiger partial charge >= 0.3 is 0 Å². The molecule has 0 spiro atoms. The maximum atomic E-state index is 13.8. The molecular weight excluding hydrogens is 567 g/mol. The number of thioether (sulfide) groups is 1. The van der Waals surface area contributed by atoms with Gasteiger partial charge in [-0.1, -0.05) is 40.9 Å². The molecule has 1 saturated heterocycles. The summed E-state index contributed by atoms with van der Waals surface area (Å²) in [7, 11) is -4.06. The number of nitrogens with one attached hydrogen (secondary N) is 2. The van der Waals surface area contributed by atoms with Gasteiger partial charge in [0.25, 0.3) is 21.2 Å². The molecule has 12 heteroatoms. The Bertz CT molecular complexity index is 1920. The summed E-state index contributed by atoms with van der Waals surface area (Å²) in [6.07, 6.45) is 1.40. The van der Waals surface area contributed by atoms with Crippen molar-refractivity contribution in [1.82, 2.24) is 19.3 Å². The van der Waals surface area contributed by atoms with Gasteiger partial charge in [-0.15, -0.1) is 0 Å². The first-order chi connectivity index (χ1) is 18.1. The van der Waals surface area contributed by atoms with Crippen LogP contribution in [0.3, 0.4) is 0 Å². The number of benzene rings is 3. The van der Waals surface area contributed by atoms with E-state index in [1.807, 2.05) is 6.92 Å². The van der Waals surface area contributed by atoms with Crippen LogP contribution < -0.4 is 5.32 Å². The van der Waals surface area contributed by atoms with Crippen molar-refractivity contribution < 1.29 is 18.0 Å². The second kappa shape index (κ2) is 9.02. The number of hydrogen-bond donors (Lipinski definition) is 2. The molecular formula is C26H16Cl2N4O4S2. The fourth-order valence-electron chi connectivity index (χ4n) is 4.24. The highest BCUT2D eigenvalue weighted by molar-refractivity contribution is 8.18. The molecule has 1 aliphatic rings. The average molecular weight is 583 g/mol. The standard InChI is InChI=1S/C26H16Cl2N4O4S2/c1-13-2-5-17(6-3-13)38(35,36)32-16(10-23-25(33)31-26(34)37-23)9-15-8-14(4-7-22(15)32)24-29-20-11-18(27)19(28)12-21(20)30-24/h2-12H,1H3,(H,29,30)(H,31,33,34)/b23-10+. The summed E-state index contributed by atoms with van der Waals surface area (Å²) in [5.74, 6) is -0.0320. The second-order valence-corrected chi connectivity index (χ2v) is 12.3. The van der Waals surface area contributed by atoms with Gasteiger partial charge < -0.3 is 4.98 Å². The van der Waals surface area contributed by atoms with E-state index in [4.69, 9.17) is 23.2 Å². The van der Waals surface area contributed by atoms with Crippen molar-refractivity contribution in [3.63, 3.8) is 0 Å². The van der Waals surface area contributed by atoms with Crippen molar-refractivity contribution in [2.75, 3.05) is 0 Å². The summed E-state index contributed by atoms with van der Waals surface area (Å²) in [6.45, 7) is 1.87. The molecule has 190 valence electrons. The van der Waals surface area contributed by atoms with Crippen LogP contribution in [0.5, 0.6) is 0 Å². The van der Waals surface area contributed by atoms with Gasteiger partial charge in [-0.25, -0.2) is 17.4 Å². The third-order valence-corrected chi connectivity index (χ3v) is 9.35. The summed E-state index contributed by atoms with van der Waals surface area (Å²) in [5.41, 5.74) is 3.58. The van der Waals surface area contributed by atoms with Crippen molar-refractivity contribution in [1.29, 1.82) is 0 Å². The van der Waals surface area contributed by atoms with Gasteiger partial charge in [-0.2, -0.15) is 0 Å². The van der Waals surface area contributed by atoms with Crippen LogP contribution in [-0.2, 0) is 14.8 Å². The van der Waals surface area contributed by atoms with Crippen LogP contribution in [-0.4, -0.2) is 33.5 Å². The Morgan fingerprint density at radius 1 is 0.974 bits per heavy atom. The lowest BCUT2D eigenvalue weighted by molar-refractivity contribution is -0.115. The van der Waals surface area contributed by atoms with E-state index in [2.05, 4.69) is 15.3 Å². The zero-order valence-corrected chi connectivity index (χ0v) is 22.6. The third-order valence-electron chi connectivity index (χ3n) is 6.06. The van der Waals surface area contributed by atoms with Crippen LogP contribution in [0.15, 0.2) is 70.5 Å². The summed E-state index contributed by atoms with van der Waals surface area (Å²) < 4.78 is 28.8. The number of hydrogen-bond acceptors (Lipinski definition) is 6. The van der Waals surface area contributed by atoms with Gasteiger partial charge in [0.1, 0.15) is 5.82 Å². The molecule has 5 aromatic rings. The molecule has 8 nitrogen and oxygen atoms in total. The van der Waals surface area contributed by atoms with E-state index >= 15 is 0 Å². The van der Waals surface area contributed by atoms with E-state index in [9.17, 15) is 18.0 Å².